The zero-order valence-corrected chi connectivity index (χ0v) is 15.0. The van der Waals surface area contributed by atoms with Crippen LogP contribution in [-0.4, -0.2) is 31.4 Å². The van der Waals surface area contributed by atoms with Crippen molar-refractivity contribution in [1.29, 1.82) is 0 Å². The van der Waals surface area contributed by atoms with Crippen LogP contribution in [0.4, 0.5) is 4.79 Å². The average Bonchev–Trinajstić information content (AvgIpc) is 2.86. The lowest BCUT2D eigenvalue weighted by atomic mass is 9.82. The number of carbonyl (C=O) groups excluding carboxylic acids is 2. The third-order valence-corrected chi connectivity index (χ3v) is 5.10. The van der Waals surface area contributed by atoms with E-state index in [1.807, 2.05) is 36.4 Å². The van der Waals surface area contributed by atoms with Crippen molar-refractivity contribution in [3.05, 3.63) is 82.9 Å². The van der Waals surface area contributed by atoms with Crippen LogP contribution in [0.1, 0.15) is 28.2 Å². The molecule has 2 aliphatic rings. The van der Waals surface area contributed by atoms with Gasteiger partial charge >= 0.3 is 6.16 Å². The fraction of sp³-hybridized carbons (Fsp3) is 0.273. The molecular weight excluding hydrogens is 344 g/mol. The minimum atomic E-state index is -0.956. The maximum absolute atomic E-state index is 12.7. The Balaban J connectivity index is 1.77. The van der Waals surface area contributed by atoms with E-state index in [0.29, 0.717) is 0 Å². The highest BCUT2D eigenvalue weighted by atomic mass is 16.8. The van der Waals surface area contributed by atoms with Crippen molar-refractivity contribution in [2.45, 2.75) is 31.2 Å². The third-order valence-electron chi connectivity index (χ3n) is 5.10. The summed E-state index contributed by atoms with van der Waals surface area (Å²) in [5.41, 5.74) is 4.56. The molecule has 0 radical (unpaired) electrons. The molecule has 1 aliphatic heterocycles. The molecule has 2 aromatic rings. The first-order chi connectivity index (χ1) is 13.2. The van der Waals surface area contributed by atoms with E-state index in [4.69, 9.17) is 9.47 Å². The molecule has 1 heterocycles. The number of carbonyl (C=O) groups is 2. The van der Waals surface area contributed by atoms with Crippen molar-refractivity contribution in [3.8, 4) is 0 Å². The number of aryl methyl sites for hydroxylation is 2. The van der Waals surface area contributed by atoms with Gasteiger partial charge in [-0.3, -0.25) is 4.79 Å². The second-order valence-corrected chi connectivity index (χ2v) is 6.63. The molecule has 5 heteroatoms. The maximum atomic E-state index is 12.7. The summed E-state index contributed by atoms with van der Waals surface area (Å²) in [7, 11) is 1.23. The van der Waals surface area contributed by atoms with Crippen LogP contribution in [0.3, 0.4) is 0 Å². The van der Waals surface area contributed by atoms with Crippen molar-refractivity contribution >= 4 is 11.9 Å². The van der Waals surface area contributed by atoms with E-state index in [2.05, 4.69) is 16.9 Å². The first-order valence-electron chi connectivity index (χ1n) is 8.95. The smallest absolute Gasteiger partial charge is 0.438 e. The van der Waals surface area contributed by atoms with E-state index in [-0.39, 0.29) is 11.7 Å². The Morgan fingerprint density at radius 3 is 2.19 bits per heavy atom. The Labute approximate surface area is 157 Å². The average molecular weight is 364 g/mol. The van der Waals surface area contributed by atoms with Crippen molar-refractivity contribution in [3.63, 3.8) is 0 Å². The highest BCUT2D eigenvalue weighted by Gasteiger charge is 2.38. The predicted octanol–water partition coefficient (Wildman–Crippen LogP) is 3.55. The standard InChI is InChI=1S/C22H20O5/c1-25-22(24)27-19-13-12-18(23)21(26-19)20-16-8-4-2-6-14(16)10-11-15-7-3-5-9-17(15)20/h2-9,12-13,19-21H,10-11H2,1H3/t19-,21+/m0/s1. The Morgan fingerprint density at radius 1 is 1.00 bits per heavy atom. The van der Waals surface area contributed by atoms with Gasteiger partial charge in [0.05, 0.1) is 7.11 Å². The number of ketones is 1. The summed E-state index contributed by atoms with van der Waals surface area (Å²) < 4.78 is 15.5. The van der Waals surface area contributed by atoms with E-state index in [9.17, 15) is 9.59 Å². The number of methoxy groups -OCH3 is 1. The molecule has 1 aliphatic carbocycles. The summed E-state index contributed by atoms with van der Waals surface area (Å²) in [5.74, 6) is -0.405. The van der Waals surface area contributed by atoms with Crippen molar-refractivity contribution in [1.82, 2.24) is 0 Å². The van der Waals surface area contributed by atoms with Crippen molar-refractivity contribution in [2.75, 3.05) is 7.11 Å². The van der Waals surface area contributed by atoms with Gasteiger partial charge in [0.15, 0.2) is 5.78 Å². The topological polar surface area (TPSA) is 61.8 Å². The molecule has 0 unspecified atom stereocenters. The quantitative estimate of drug-likeness (QED) is 0.763. The Kier molecular flexibility index (Phi) is 4.77. The molecule has 0 saturated carbocycles. The summed E-state index contributed by atoms with van der Waals surface area (Å²) >= 11 is 0. The molecule has 0 fully saturated rings. The van der Waals surface area contributed by atoms with Gasteiger partial charge in [0.25, 0.3) is 0 Å². The molecule has 0 spiro atoms. The molecule has 2 atom stereocenters. The molecule has 0 saturated heterocycles. The number of hydrogen-bond acceptors (Lipinski definition) is 5. The normalized spacial score (nSPS) is 21.7. The van der Waals surface area contributed by atoms with Crippen molar-refractivity contribution < 1.29 is 23.8 Å². The lowest BCUT2D eigenvalue weighted by Crippen LogP contribution is -2.39. The van der Waals surface area contributed by atoms with E-state index >= 15 is 0 Å². The van der Waals surface area contributed by atoms with Gasteiger partial charge in [0.1, 0.15) is 6.10 Å². The first kappa shape index (κ1) is 17.5. The predicted molar refractivity (Wildman–Crippen MR) is 98.4 cm³/mol. The first-order valence-corrected chi connectivity index (χ1v) is 8.95. The van der Waals surface area contributed by atoms with Gasteiger partial charge in [0, 0.05) is 5.92 Å². The van der Waals surface area contributed by atoms with Gasteiger partial charge in [-0.2, -0.15) is 0 Å². The molecule has 0 N–H and O–H groups in total. The Hall–Kier alpha value is -2.92. The minimum Gasteiger partial charge on any atom is -0.438 e. The lowest BCUT2D eigenvalue weighted by molar-refractivity contribution is -0.154. The molecular formula is C22H20O5. The number of ether oxygens (including phenoxy) is 3. The summed E-state index contributed by atoms with van der Waals surface area (Å²) in [4.78, 5) is 24.2. The highest BCUT2D eigenvalue weighted by Crippen LogP contribution is 2.39. The molecule has 0 bridgehead atoms. The summed E-state index contributed by atoms with van der Waals surface area (Å²) in [6.07, 6.45) is 2.10. The Morgan fingerprint density at radius 2 is 1.59 bits per heavy atom. The van der Waals surface area contributed by atoms with Gasteiger partial charge in [-0.15, -0.1) is 0 Å². The van der Waals surface area contributed by atoms with E-state index < -0.39 is 18.5 Å². The zero-order chi connectivity index (χ0) is 18.8. The summed E-state index contributed by atoms with van der Waals surface area (Å²) in [6.45, 7) is 0. The summed E-state index contributed by atoms with van der Waals surface area (Å²) in [5, 5.41) is 0. The van der Waals surface area contributed by atoms with E-state index in [1.54, 1.807) is 0 Å². The van der Waals surface area contributed by atoms with Crippen LogP contribution in [0.5, 0.6) is 0 Å². The SMILES string of the molecule is COC(=O)O[C@H]1C=CC(=O)[C@H](C2c3ccccc3CCc3ccccc32)O1. The lowest BCUT2D eigenvalue weighted by Gasteiger charge is -2.32. The van der Waals surface area contributed by atoms with E-state index in [0.717, 1.165) is 24.0 Å². The van der Waals surface area contributed by atoms with Crippen LogP contribution in [0.2, 0.25) is 0 Å². The molecule has 4 rings (SSSR count). The monoisotopic (exact) mass is 364 g/mol. The number of fused-ring (bicyclic) bond motifs is 2. The second kappa shape index (κ2) is 7.37. The number of benzene rings is 2. The minimum absolute atomic E-state index is 0.142. The van der Waals surface area contributed by atoms with Gasteiger partial charge in [-0.05, 0) is 47.2 Å². The molecule has 138 valence electrons. The molecule has 5 nitrogen and oxygen atoms in total. The van der Waals surface area contributed by atoms with Crippen LogP contribution >= 0.6 is 0 Å². The van der Waals surface area contributed by atoms with Crippen LogP contribution in [0.15, 0.2) is 60.7 Å². The van der Waals surface area contributed by atoms with E-state index in [1.165, 1.54) is 30.4 Å². The highest BCUT2D eigenvalue weighted by molar-refractivity contribution is 5.95. The van der Waals surface area contributed by atoms with Gasteiger partial charge in [-0.25, -0.2) is 4.79 Å². The van der Waals surface area contributed by atoms with Gasteiger partial charge in [0.2, 0.25) is 6.29 Å². The fourth-order valence-electron chi connectivity index (χ4n) is 3.87. The third kappa shape index (κ3) is 3.38. The van der Waals surface area contributed by atoms with Crippen LogP contribution in [0.25, 0.3) is 0 Å². The van der Waals surface area contributed by atoms with Crippen LogP contribution in [-0.2, 0) is 31.8 Å². The molecule has 0 aromatic heterocycles. The van der Waals surface area contributed by atoms with Crippen LogP contribution in [0, 0.1) is 0 Å². The Bertz CT molecular complexity index is 854. The maximum Gasteiger partial charge on any atom is 0.510 e. The van der Waals surface area contributed by atoms with Gasteiger partial charge in [-0.1, -0.05) is 48.5 Å². The molecule has 2 aromatic carbocycles. The van der Waals surface area contributed by atoms with Gasteiger partial charge < -0.3 is 14.2 Å². The molecule has 0 amide bonds. The summed E-state index contributed by atoms with van der Waals surface area (Å²) in [6, 6.07) is 16.3. The number of rotatable bonds is 2. The van der Waals surface area contributed by atoms with Crippen molar-refractivity contribution in [2.24, 2.45) is 0 Å². The fourth-order valence-corrected chi connectivity index (χ4v) is 3.87. The second-order valence-electron chi connectivity index (χ2n) is 6.63. The number of hydrogen-bond donors (Lipinski definition) is 0. The van der Waals surface area contributed by atoms with Crippen LogP contribution < -0.4 is 0 Å². The zero-order valence-electron chi connectivity index (χ0n) is 15.0. The molecule has 27 heavy (non-hydrogen) atoms. The largest absolute Gasteiger partial charge is 0.510 e.